The van der Waals surface area contributed by atoms with E-state index >= 15 is 0 Å². The minimum absolute atomic E-state index is 0.143. The maximum atomic E-state index is 6.66. The first-order valence-corrected chi connectivity index (χ1v) is 17.7. The van der Waals surface area contributed by atoms with Crippen molar-refractivity contribution in [3.8, 4) is 0 Å². The Morgan fingerprint density at radius 1 is 1.14 bits per heavy atom. The molecule has 0 aliphatic carbocycles. The number of aryl methyl sites for hydroxylation is 1. The zero-order valence-corrected chi connectivity index (χ0v) is 30.3. The van der Waals surface area contributed by atoms with Crippen molar-refractivity contribution in [3.63, 3.8) is 0 Å². The number of nitrogens with one attached hydrogen (secondary N) is 4. The average Bonchev–Trinajstić information content (AvgIpc) is 3.73. The second-order valence-electron chi connectivity index (χ2n) is 13.3. The number of rotatable bonds is 11. The molecule has 0 saturated carbocycles. The van der Waals surface area contributed by atoms with Gasteiger partial charge >= 0.3 is 0 Å². The minimum atomic E-state index is 0.143. The van der Waals surface area contributed by atoms with E-state index in [0.29, 0.717) is 29.2 Å². The lowest BCUT2D eigenvalue weighted by Crippen LogP contribution is -2.36. The van der Waals surface area contributed by atoms with Crippen molar-refractivity contribution in [2.24, 2.45) is 7.05 Å². The van der Waals surface area contributed by atoms with E-state index in [1.54, 1.807) is 6.20 Å². The molecule has 3 aliphatic rings. The summed E-state index contributed by atoms with van der Waals surface area (Å²) >= 11 is 6.66. The number of fused-ring (bicyclic) bond motifs is 2. The molecule has 2 aromatic heterocycles. The molecule has 0 radical (unpaired) electrons. The van der Waals surface area contributed by atoms with Gasteiger partial charge in [-0.1, -0.05) is 50.0 Å². The largest absolute Gasteiger partial charge is 0.485 e. The molecule has 11 nitrogen and oxygen atoms in total. The van der Waals surface area contributed by atoms with Gasteiger partial charge in [-0.25, -0.2) is 4.98 Å². The molecule has 2 atom stereocenters. The molecule has 51 heavy (non-hydrogen) atoms. The van der Waals surface area contributed by atoms with E-state index in [1.807, 2.05) is 48.9 Å². The van der Waals surface area contributed by atoms with Crippen LogP contribution in [-0.2, 0) is 11.8 Å². The molecule has 3 aliphatic heterocycles. The summed E-state index contributed by atoms with van der Waals surface area (Å²) in [6, 6.07) is 12.7. The van der Waals surface area contributed by atoms with Crippen LogP contribution in [0.4, 0.5) is 28.8 Å². The van der Waals surface area contributed by atoms with Crippen LogP contribution in [0.25, 0.3) is 17.0 Å². The Labute approximate surface area is 304 Å². The quantitative estimate of drug-likeness (QED) is 0.126. The zero-order chi connectivity index (χ0) is 35.8. The molecule has 0 amide bonds. The van der Waals surface area contributed by atoms with Crippen molar-refractivity contribution in [2.75, 3.05) is 54.2 Å². The molecule has 0 bridgehead atoms. The van der Waals surface area contributed by atoms with Crippen LogP contribution in [0.2, 0.25) is 5.02 Å². The summed E-state index contributed by atoms with van der Waals surface area (Å²) in [7, 11) is 5.81. The van der Waals surface area contributed by atoms with Crippen LogP contribution < -0.4 is 31.1 Å². The number of halogens is 1. The first-order chi connectivity index (χ1) is 24.6. The van der Waals surface area contributed by atoms with Gasteiger partial charge in [-0.3, -0.25) is 4.68 Å². The van der Waals surface area contributed by atoms with Crippen LogP contribution in [0.15, 0.2) is 97.5 Å². The number of ether oxygens (including phenoxy) is 1. The van der Waals surface area contributed by atoms with Gasteiger partial charge in [-0.15, -0.1) is 0 Å². The summed E-state index contributed by atoms with van der Waals surface area (Å²) in [6.45, 7) is 18.5. The lowest BCUT2D eigenvalue weighted by molar-refractivity contribution is 0.245. The van der Waals surface area contributed by atoms with Crippen LogP contribution in [0, 0.1) is 0 Å². The SMILES string of the molecule is C=C(COC1=Cc2cc(Nc3nc(N4CCCC4CNc4cccc5c(C6CCC(=C)NC6=C)nn(C)c45)ncc3Cl)ccc2N(C)C1=C)NC. The molecule has 2 fully saturated rings. The summed E-state index contributed by atoms with van der Waals surface area (Å²) in [4.78, 5) is 13.9. The number of benzene rings is 2. The van der Waals surface area contributed by atoms with Gasteiger partial charge in [0.25, 0.3) is 0 Å². The van der Waals surface area contributed by atoms with Gasteiger partial charge in [0.05, 0.1) is 28.8 Å². The van der Waals surface area contributed by atoms with Crippen LogP contribution >= 0.6 is 11.6 Å². The lowest BCUT2D eigenvalue weighted by atomic mass is 9.90. The van der Waals surface area contributed by atoms with Gasteiger partial charge in [0.2, 0.25) is 5.95 Å². The summed E-state index contributed by atoms with van der Waals surface area (Å²) in [5, 5.41) is 20.1. The van der Waals surface area contributed by atoms with Crippen molar-refractivity contribution in [3.05, 3.63) is 114 Å². The lowest BCUT2D eigenvalue weighted by Gasteiger charge is -2.30. The van der Waals surface area contributed by atoms with Crippen molar-refractivity contribution < 1.29 is 4.74 Å². The molecule has 2 aromatic carbocycles. The summed E-state index contributed by atoms with van der Waals surface area (Å²) in [5.41, 5.74) is 9.56. The Bertz CT molecular complexity index is 2080. The minimum Gasteiger partial charge on any atom is -0.485 e. The third kappa shape index (κ3) is 6.73. The number of piperidine rings is 1. The van der Waals surface area contributed by atoms with Crippen molar-refractivity contribution in [1.82, 2.24) is 30.4 Å². The van der Waals surface area contributed by atoms with Crippen LogP contribution in [0.5, 0.6) is 0 Å². The fourth-order valence-corrected chi connectivity index (χ4v) is 7.28. The normalized spacial score (nSPS) is 18.7. The van der Waals surface area contributed by atoms with Gasteiger partial charge in [-0.05, 0) is 56.0 Å². The fraction of sp³-hybridized carbons (Fsp3) is 0.308. The second kappa shape index (κ2) is 14.1. The fourth-order valence-electron chi connectivity index (χ4n) is 7.15. The molecule has 12 heteroatoms. The standard InChI is InChI=1S/C39H45ClN10O/c1-23-13-15-30(25(3)44-23)36-31-11-8-12-33(37(31)49(7)47-36)42-20-29-10-9-17-50(29)39-43-21-32(40)38(46-39)45-28-14-16-34-27(18-28)19-35(26(4)48(34)6)51-22-24(2)41-5/h8,11-12,14,16,18-19,21,29-30,41-42,44H,1-4,9-10,13,15,17,20,22H2,5-7H3,(H,43,45,46). The Hall–Kier alpha value is -5.42. The number of para-hydroxylation sites is 1. The van der Waals surface area contributed by atoms with Gasteiger partial charge in [-0.2, -0.15) is 10.1 Å². The molecule has 5 heterocycles. The number of hydrogen-bond donors (Lipinski definition) is 4. The first kappa shape index (κ1) is 34.0. The van der Waals surface area contributed by atoms with E-state index < -0.39 is 0 Å². The van der Waals surface area contributed by atoms with Crippen LogP contribution in [-0.4, -0.2) is 59.6 Å². The highest BCUT2D eigenvalue weighted by molar-refractivity contribution is 6.32. The molecule has 2 unspecified atom stereocenters. The van der Waals surface area contributed by atoms with Crippen molar-refractivity contribution >= 4 is 57.4 Å². The Morgan fingerprint density at radius 3 is 2.78 bits per heavy atom. The number of hydrogen-bond acceptors (Lipinski definition) is 10. The van der Waals surface area contributed by atoms with E-state index in [9.17, 15) is 0 Å². The van der Waals surface area contributed by atoms with E-state index in [1.165, 1.54) is 0 Å². The first-order valence-electron chi connectivity index (χ1n) is 17.3. The summed E-state index contributed by atoms with van der Waals surface area (Å²) < 4.78 is 8.00. The molecule has 4 aromatic rings. The predicted octanol–water partition coefficient (Wildman–Crippen LogP) is 7.39. The number of nitrogens with zero attached hydrogens (tertiary/aromatic N) is 6. The molecule has 0 spiro atoms. The smallest absolute Gasteiger partial charge is 0.227 e. The highest BCUT2D eigenvalue weighted by atomic mass is 35.5. The van der Waals surface area contributed by atoms with Gasteiger partial charge in [0, 0.05) is 85.6 Å². The second-order valence-corrected chi connectivity index (χ2v) is 13.8. The topological polar surface area (TPSA) is 107 Å². The van der Waals surface area contributed by atoms with Crippen molar-refractivity contribution in [1.29, 1.82) is 0 Å². The van der Waals surface area contributed by atoms with E-state index in [-0.39, 0.29) is 12.0 Å². The molecule has 2 saturated heterocycles. The average molecular weight is 705 g/mol. The monoisotopic (exact) mass is 704 g/mol. The van der Waals surface area contributed by atoms with E-state index in [2.05, 4.69) is 81.7 Å². The zero-order valence-electron chi connectivity index (χ0n) is 29.5. The third-order valence-corrected chi connectivity index (χ3v) is 10.3. The summed E-state index contributed by atoms with van der Waals surface area (Å²) in [5.74, 6) is 2.03. The van der Waals surface area contributed by atoms with Crippen LogP contribution in [0.1, 0.15) is 42.9 Å². The Morgan fingerprint density at radius 2 is 1.98 bits per heavy atom. The van der Waals surface area contributed by atoms with E-state index in [4.69, 9.17) is 26.4 Å². The van der Waals surface area contributed by atoms with Crippen LogP contribution in [0.3, 0.4) is 0 Å². The highest BCUT2D eigenvalue weighted by Crippen LogP contribution is 2.39. The molecule has 4 N–H and O–H groups in total. The summed E-state index contributed by atoms with van der Waals surface area (Å²) in [6.07, 6.45) is 7.59. The third-order valence-electron chi connectivity index (χ3n) is 9.99. The predicted molar refractivity (Wildman–Crippen MR) is 209 cm³/mol. The number of allylic oxidation sites excluding steroid dienone is 2. The molecular weight excluding hydrogens is 660 g/mol. The van der Waals surface area contributed by atoms with Gasteiger partial charge in [0.1, 0.15) is 17.4 Å². The number of aromatic nitrogens is 4. The molecule has 7 rings (SSSR count). The number of anilines is 5. The van der Waals surface area contributed by atoms with E-state index in [0.717, 1.165) is 101 Å². The van der Waals surface area contributed by atoms with Gasteiger partial charge < -0.3 is 35.8 Å². The van der Waals surface area contributed by atoms with Crippen molar-refractivity contribution in [2.45, 2.75) is 37.6 Å². The Kier molecular flexibility index (Phi) is 9.39. The Balaban J connectivity index is 1.07. The maximum absolute atomic E-state index is 6.66. The number of likely N-dealkylation sites (N-methyl/N-ethyl adjacent to an activating group) is 2. The highest BCUT2D eigenvalue weighted by Gasteiger charge is 2.29. The maximum Gasteiger partial charge on any atom is 0.227 e. The van der Waals surface area contributed by atoms with Gasteiger partial charge in [0.15, 0.2) is 5.82 Å². The molecular formula is C39H45ClN10O. The molecule has 264 valence electrons.